The molecule has 0 unspecified atom stereocenters. The van der Waals surface area contributed by atoms with Gasteiger partial charge in [-0.1, -0.05) is 0 Å². The van der Waals surface area contributed by atoms with Crippen molar-refractivity contribution < 1.29 is 14.4 Å². The van der Waals surface area contributed by atoms with Crippen LogP contribution in [0.4, 0.5) is 0 Å². The molecule has 24 heavy (non-hydrogen) atoms. The quantitative estimate of drug-likeness (QED) is 0.796. The molecule has 1 saturated heterocycles. The van der Waals surface area contributed by atoms with Crippen LogP contribution in [0.1, 0.15) is 19.0 Å². The minimum atomic E-state index is -0.401. The van der Waals surface area contributed by atoms with Crippen LogP contribution in [0.2, 0.25) is 0 Å². The van der Waals surface area contributed by atoms with Crippen LogP contribution >= 0.6 is 0 Å². The molecule has 1 aromatic heterocycles. The Morgan fingerprint density at radius 1 is 1.25 bits per heavy atom. The number of carbonyl (C=O) groups excluding carboxylic acids is 3. The molecule has 1 aliphatic rings. The molecule has 1 aliphatic heterocycles. The topological polar surface area (TPSA) is 87.5 Å². The second-order valence-electron chi connectivity index (χ2n) is 6.06. The largest absolute Gasteiger partial charge is 0.359 e. The molecule has 0 aromatic carbocycles. The molecule has 2 rings (SSSR count). The van der Waals surface area contributed by atoms with E-state index in [1.54, 1.807) is 27.7 Å². The van der Waals surface area contributed by atoms with Gasteiger partial charge in [0.15, 0.2) is 0 Å². The summed E-state index contributed by atoms with van der Waals surface area (Å²) in [6.45, 7) is 3.09. The van der Waals surface area contributed by atoms with E-state index in [-0.39, 0.29) is 17.7 Å². The van der Waals surface area contributed by atoms with E-state index >= 15 is 0 Å². The highest BCUT2D eigenvalue weighted by atomic mass is 16.2. The molecular formula is C16H25N5O3. The predicted octanol–water partition coefficient (Wildman–Crippen LogP) is -0.594. The molecule has 132 valence electrons. The van der Waals surface area contributed by atoms with Crippen LogP contribution in [0.5, 0.6) is 0 Å². The van der Waals surface area contributed by atoms with Crippen molar-refractivity contribution in [3.63, 3.8) is 0 Å². The van der Waals surface area contributed by atoms with E-state index in [0.717, 1.165) is 5.69 Å². The van der Waals surface area contributed by atoms with E-state index in [9.17, 15) is 14.4 Å². The van der Waals surface area contributed by atoms with Gasteiger partial charge in [0.2, 0.25) is 17.7 Å². The van der Waals surface area contributed by atoms with E-state index in [1.165, 1.54) is 6.92 Å². The lowest BCUT2D eigenvalue weighted by atomic mass is 10.1. The summed E-state index contributed by atoms with van der Waals surface area (Å²) in [5.74, 6) is -0.627. The SMILES string of the molecule is CNC(=O)[C@@H]1CN(C(C)=O)CCN(C(=O)CCc2ccnn2C)C1. The second kappa shape index (κ2) is 7.94. The Balaban J connectivity index is 2.02. The summed E-state index contributed by atoms with van der Waals surface area (Å²) in [6.07, 6.45) is 2.67. The molecular weight excluding hydrogens is 310 g/mol. The number of aromatic nitrogens is 2. The average Bonchev–Trinajstić information content (AvgIpc) is 2.84. The minimum absolute atomic E-state index is 0.00416. The van der Waals surface area contributed by atoms with Gasteiger partial charge >= 0.3 is 0 Å². The van der Waals surface area contributed by atoms with E-state index in [2.05, 4.69) is 10.4 Å². The average molecular weight is 335 g/mol. The van der Waals surface area contributed by atoms with Crippen molar-refractivity contribution in [3.05, 3.63) is 18.0 Å². The Bertz CT molecular complexity index is 613. The Kier molecular flexibility index (Phi) is 5.94. The van der Waals surface area contributed by atoms with Crippen molar-refractivity contribution in [2.45, 2.75) is 19.8 Å². The van der Waals surface area contributed by atoms with Crippen LogP contribution in [-0.4, -0.2) is 70.5 Å². The van der Waals surface area contributed by atoms with Gasteiger partial charge in [-0.2, -0.15) is 5.10 Å². The highest BCUT2D eigenvalue weighted by molar-refractivity contribution is 5.82. The van der Waals surface area contributed by atoms with Crippen molar-refractivity contribution >= 4 is 17.7 Å². The molecule has 0 saturated carbocycles. The lowest BCUT2D eigenvalue weighted by Crippen LogP contribution is -2.42. The van der Waals surface area contributed by atoms with Crippen LogP contribution in [0, 0.1) is 5.92 Å². The first-order chi connectivity index (χ1) is 11.4. The fourth-order valence-electron chi connectivity index (χ4n) is 2.94. The number of aryl methyl sites for hydroxylation is 2. The van der Waals surface area contributed by atoms with Gasteiger partial charge in [-0.3, -0.25) is 19.1 Å². The highest BCUT2D eigenvalue weighted by Crippen LogP contribution is 2.13. The van der Waals surface area contributed by atoms with Crippen LogP contribution in [0.25, 0.3) is 0 Å². The Morgan fingerprint density at radius 3 is 2.50 bits per heavy atom. The van der Waals surface area contributed by atoms with Gasteiger partial charge in [0.25, 0.3) is 0 Å². The summed E-state index contributed by atoms with van der Waals surface area (Å²) in [7, 11) is 3.41. The van der Waals surface area contributed by atoms with E-state index < -0.39 is 5.92 Å². The molecule has 0 radical (unpaired) electrons. The van der Waals surface area contributed by atoms with E-state index in [4.69, 9.17) is 0 Å². The number of nitrogens with one attached hydrogen (secondary N) is 1. The fourth-order valence-corrected chi connectivity index (χ4v) is 2.94. The number of nitrogens with zero attached hydrogens (tertiary/aromatic N) is 4. The molecule has 1 atom stereocenters. The van der Waals surface area contributed by atoms with E-state index in [0.29, 0.717) is 39.0 Å². The molecule has 0 spiro atoms. The predicted molar refractivity (Wildman–Crippen MR) is 87.9 cm³/mol. The van der Waals surface area contributed by atoms with Gasteiger partial charge in [-0.15, -0.1) is 0 Å². The summed E-state index contributed by atoms with van der Waals surface area (Å²) in [5, 5.41) is 6.71. The van der Waals surface area contributed by atoms with Crippen LogP contribution in [0.15, 0.2) is 12.3 Å². The monoisotopic (exact) mass is 335 g/mol. The first-order valence-electron chi connectivity index (χ1n) is 8.14. The molecule has 1 N–H and O–H groups in total. The molecule has 8 heteroatoms. The van der Waals surface area contributed by atoms with Crippen LogP contribution < -0.4 is 5.32 Å². The number of rotatable bonds is 4. The zero-order valence-electron chi connectivity index (χ0n) is 14.5. The summed E-state index contributed by atoms with van der Waals surface area (Å²) in [5.41, 5.74) is 0.992. The maximum Gasteiger partial charge on any atom is 0.226 e. The third-order valence-electron chi connectivity index (χ3n) is 4.45. The number of amides is 3. The lowest BCUT2D eigenvalue weighted by molar-refractivity contribution is -0.133. The number of hydrogen-bond donors (Lipinski definition) is 1. The standard InChI is InChI=1S/C16H25N5O3/c1-12(22)20-8-9-21(11-13(10-20)16(24)17-2)15(23)5-4-14-6-7-18-19(14)3/h6-7,13H,4-5,8-11H2,1-3H3,(H,17,24)/t13-/m1/s1. The van der Waals surface area contributed by atoms with Gasteiger partial charge in [0, 0.05) is 65.5 Å². The third-order valence-corrected chi connectivity index (χ3v) is 4.45. The Hall–Kier alpha value is -2.38. The van der Waals surface area contributed by atoms with Gasteiger partial charge < -0.3 is 15.1 Å². The maximum absolute atomic E-state index is 12.6. The fraction of sp³-hybridized carbons (Fsp3) is 0.625. The normalized spacial score (nSPS) is 18.2. The first kappa shape index (κ1) is 18.0. The van der Waals surface area contributed by atoms with Gasteiger partial charge in [-0.05, 0) is 12.5 Å². The lowest BCUT2D eigenvalue weighted by Gasteiger charge is -2.23. The highest BCUT2D eigenvalue weighted by Gasteiger charge is 2.30. The summed E-state index contributed by atoms with van der Waals surface area (Å²) in [4.78, 5) is 39.6. The van der Waals surface area contributed by atoms with E-state index in [1.807, 2.05) is 13.1 Å². The molecule has 1 fully saturated rings. The number of hydrogen-bond acceptors (Lipinski definition) is 4. The van der Waals surface area contributed by atoms with Crippen LogP contribution in [-0.2, 0) is 27.9 Å². The van der Waals surface area contributed by atoms with Crippen molar-refractivity contribution in [3.8, 4) is 0 Å². The number of carbonyl (C=O) groups is 3. The first-order valence-corrected chi connectivity index (χ1v) is 8.14. The van der Waals surface area contributed by atoms with Crippen molar-refractivity contribution in [2.24, 2.45) is 13.0 Å². The van der Waals surface area contributed by atoms with Crippen molar-refractivity contribution in [1.82, 2.24) is 24.9 Å². The third kappa shape index (κ3) is 4.33. The van der Waals surface area contributed by atoms with Crippen molar-refractivity contribution in [2.75, 3.05) is 33.2 Å². The summed E-state index contributed by atoms with van der Waals surface area (Å²) >= 11 is 0. The molecule has 0 bridgehead atoms. The van der Waals surface area contributed by atoms with Gasteiger partial charge in [0.1, 0.15) is 0 Å². The molecule has 3 amide bonds. The molecule has 1 aromatic rings. The summed E-state index contributed by atoms with van der Waals surface area (Å²) in [6, 6.07) is 1.89. The maximum atomic E-state index is 12.6. The van der Waals surface area contributed by atoms with Gasteiger partial charge in [-0.25, -0.2) is 0 Å². The second-order valence-corrected chi connectivity index (χ2v) is 6.06. The zero-order chi connectivity index (χ0) is 17.7. The van der Waals surface area contributed by atoms with Crippen LogP contribution in [0.3, 0.4) is 0 Å². The van der Waals surface area contributed by atoms with Gasteiger partial charge in [0.05, 0.1) is 5.92 Å². The van der Waals surface area contributed by atoms with Crippen molar-refractivity contribution in [1.29, 1.82) is 0 Å². The Morgan fingerprint density at radius 2 is 1.92 bits per heavy atom. The zero-order valence-corrected chi connectivity index (χ0v) is 14.5. The Labute approximate surface area is 141 Å². The smallest absolute Gasteiger partial charge is 0.226 e. The molecule has 2 heterocycles. The summed E-state index contributed by atoms with van der Waals surface area (Å²) < 4.78 is 1.75. The minimum Gasteiger partial charge on any atom is -0.359 e. The molecule has 8 nitrogen and oxygen atoms in total. The molecule has 0 aliphatic carbocycles.